The van der Waals surface area contributed by atoms with Crippen LogP contribution in [0.5, 0.6) is 5.75 Å². The summed E-state index contributed by atoms with van der Waals surface area (Å²) in [5.74, 6) is 1.89. The Morgan fingerprint density at radius 3 is 2.20 bits per heavy atom. The smallest absolute Gasteiger partial charge is 0.264 e. The Bertz CT molecular complexity index is 692. The zero-order valence-corrected chi connectivity index (χ0v) is 15.6. The molecule has 5 rings (SSSR count). The highest BCUT2D eigenvalue weighted by Crippen LogP contribution is 2.61. The van der Waals surface area contributed by atoms with E-state index in [1.54, 1.807) is 23.1 Å². The number of ether oxygens (including phenoxy) is 1. The van der Waals surface area contributed by atoms with Crippen molar-refractivity contribution in [2.24, 2.45) is 17.8 Å². The second-order valence-corrected chi connectivity index (χ2v) is 8.81. The summed E-state index contributed by atoms with van der Waals surface area (Å²) in [6, 6.07) is 5.11. The molecule has 0 heterocycles. The Hall–Kier alpha value is -1.62. The fourth-order valence-corrected chi connectivity index (χ4v) is 5.88. The molecule has 0 radical (unpaired) electrons. The minimum atomic E-state index is -1.13. The van der Waals surface area contributed by atoms with Gasteiger partial charge in [0.2, 0.25) is 0 Å². The molecular weight excluding hydrogens is 334 g/mol. The normalized spacial score (nSPS) is 32.5. The molecule has 4 aliphatic rings. The van der Waals surface area contributed by atoms with Gasteiger partial charge in [-0.05, 0) is 97.7 Å². The van der Waals surface area contributed by atoms with Crippen molar-refractivity contribution >= 4 is 23.4 Å². The Kier molecular flexibility index (Phi) is 4.02. The molecule has 5 heteroatoms. The molecule has 0 aromatic heterocycles. The van der Waals surface area contributed by atoms with Crippen molar-refractivity contribution in [3.63, 3.8) is 0 Å². The Labute approximate surface area is 154 Å². The maximum absolute atomic E-state index is 11.4. The van der Waals surface area contributed by atoms with E-state index in [9.17, 15) is 9.90 Å². The van der Waals surface area contributed by atoms with E-state index in [-0.39, 0.29) is 11.0 Å². The van der Waals surface area contributed by atoms with Crippen molar-refractivity contribution in [3.05, 3.63) is 29.3 Å². The number of hydrogen-bond acceptors (Lipinski definition) is 4. The molecule has 4 fully saturated rings. The third-order valence-corrected chi connectivity index (χ3v) is 6.84. The molecule has 1 aromatic rings. The number of carbonyl (C=O) groups excluding carboxylic acids is 1. The van der Waals surface area contributed by atoms with E-state index in [1.165, 1.54) is 19.3 Å². The number of benzene rings is 1. The molecule has 4 aliphatic carbocycles. The van der Waals surface area contributed by atoms with Crippen molar-refractivity contribution in [1.29, 1.82) is 0 Å². The lowest BCUT2D eigenvalue weighted by Crippen LogP contribution is -2.48. The molecule has 25 heavy (non-hydrogen) atoms. The van der Waals surface area contributed by atoms with Crippen LogP contribution in [0.2, 0.25) is 0 Å². The predicted molar refractivity (Wildman–Crippen MR) is 97.5 cm³/mol. The highest BCUT2D eigenvalue weighted by molar-refractivity contribution is 7.80. The van der Waals surface area contributed by atoms with E-state index in [4.69, 9.17) is 17.0 Å². The minimum absolute atomic E-state index is 0.0392. The largest absolute Gasteiger partial charge is 0.545 e. The summed E-state index contributed by atoms with van der Waals surface area (Å²) < 4.78 is 5.98. The molecule has 1 aromatic carbocycles. The van der Waals surface area contributed by atoms with Gasteiger partial charge in [-0.2, -0.15) is 0 Å². The Balaban J connectivity index is 1.77. The average Bonchev–Trinajstić information content (AvgIpc) is 2.53. The van der Waals surface area contributed by atoms with Crippen molar-refractivity contribution in [3.8, 4) is 5.75 Å². The molecule has 0 atom stereocenters. The Morgan fingerprint density at radius 1 is 1.16 bits per heavy atom. The number of carboxylic acid groups (broad SMARTS) is 1. The van der Waals surface area contributed by atoms with Crippen LogP contribution < -0.4 is 9.84 Å². The lowest BCUT2D eigenvalue weighted by molar-refractivity contribution is -0.255. The zero-order chi connectivity index (χ0) is 17.8. The summed E-state index contributed by atoms with van der Waals surface area (Å²) >= 11 is 5.32. The highest BCUT2D eigenvalue weighted by Gasteiger charge is 2.52. The molecule has 4 bridgehead atoms. The number of carboxylic acids is 1. The molecule has 0 N–H and O–H groups in total. The summed E-state index contributed by atoms with van der Waals surface area (Å²) in [4.78, 5) is 13.2. The molecule has 4 saturated carbocycles. The van der Waals surface area contributed by atoms with Crippen molar-refractivity contribution in [2.45, 2.75) is 43.9 Å². The molecule has 0 aliphatic heterocycles. The van der Waals surface area contributed by atoms with Crippen LogP contribution in [0.3, 0.4) is 0 Å². The van der Waals surface area contributed by atoms with Crippen LogP contribution in [0.15, 0.2) is 18.2 Å². The first-order chi connectivity index (χ1) is 11.9. The first-order valence-corrected chi connectivity index (χ1v) is 9.52. The standard InChI is InChI=1S/C20H25NO3S/c1-21(2)19(25)24-17-4-3-15(18(22)23)8-16(17)20-9-12-5-13(10-20)7-14(6-12)11-20/h3-4,8,12-14H,5-7,9-11H2,1-2H3,(H,22,23)/p-1. The molecule has 134 valence electrons. The maximum Gasteiger partial charge on any atom is 0.264 e. The van der Waals surface area contributed by atoms with E-state index < -0.39 is 5.97 Å². The van der Waals surface area contributed by atoms with Crippen molar-refractivity contribution < 1.29 is 14.6 Å². The number of thiocarbonyl (C=S) groups is 1. The van der Waals surface area contributed by atoms with Crippen LogP contribution in [0.4, 0.5) is 0 Å². The van der Waals surface area contributed by atoms with E-state index in [0.29, 0.717) is 10.9 Å². The lowest BCUT2D eigenvalue weighted by Gasteiger charge is -2.57. The monoisotopic (exact) mass is 358 g/mol. The molecule has 4 nitrogen and oxygen atoms in total. The van der Waals surface area contributed by atoms with Gasteiger partial charge >= 0.3 is 0 Å². The first kappa shape index (κ1) is 16.8. The second kappa shape index (κ2) is 5.97. The van der Waals surface area contributed by atoms with E-state index in [0.717, 1.165) is 42.6 Å². The van der Waals surface area contributed by atoms with Crippen LogP contribution in [0.1, 0.15) is 54.4 Å². The zero-order valence-electron chi connectivity index (χ0n) is 14.8. The predicted octanol–water partition coefficient (Wildman–Crippen LogP) is 2.74. The summed E-state index contributed by atoms with van der Waals surface area (Å²) in [7, 11) is 3.70. The van der Waals surface area contributed by atoms with Crippen LogP contribution in [-0.2, 0) is 5.41 Å². The lowest BCUT2D eigenvalue weighted by atomic mass is 9.48. The second-order valence-electron chi connectivity index (χ2n) is 8.46. The Morgan fingerprint density at radius 2 is 1.72 bits per heavy atom. The molecule has 0 saturated heterocycles. The summed E-state index contributed by atoms with van der Waals surface area (Å²) in [6.45, 7) is 0. The number of aromatic carboxylic acids is 1. The number of carbonyl (C=O) groups is 1. The van der Waals surface area contributed by atoms with Gasteiger partial charge in [-0.3, -0.25) is 0 Å². The van der Waals surface area contributed by atoms with E-state index in [2.05, 4.69) is 0 Å². The fraction of sp³-hybridized carbons (Fsp3) is 0.600. The van der Waals surface area contributed by atoms with Gasteiger partial charge in [0.1, 0.15) is 5.75 Å². The van der Waals surface area contributed by atoms with E-state index in [1.807, 2.05) is 14.1 Å². The molecular formula is C20H24NO3S-. The fourth-order valence-electron chi connectivity index (χ4n) is 5.79. The van der Waals surface area contributed by atoms with Gasteiger partial charge in [0, 0.05) is 19.7 Å². The number of rotatable bonds is 3. The van der Waals surface area contributed by atoms with E-state index >= 15 is 0 Å². The average molecular weight is 358 g/mol. The van der Waals surface area contributed by atoms with Crippen LogP contribution in [0.25, 0.3) is 0 Å². The van der Waals surface area contributed by atoms with Gasteiger partial charge in [-0.15, -0.1) is 0 Å². The van der Waals surface area contributed by atoms with Gasteiger partial charge in [-0.25, -0.2) is 0 Å². The minimum Gasteiger partial charge on any atom is -0.545 e. The van der Waals surface area contributed by atoms with Gasteiger partial charge in [0.25, 0.3) is 5.17 Å². The molecule has 0 unspecified atom stereocenters. The van der Waals surface area contributed by atoms with Gasteiger partial charge in [-0.1, -0.05) is 0 Å². The third kappa shape index (κ3) is 2.92. The highest BCUT2D eigenvalue weighted by atomic mass is 32.1. The van der Waals surface area contributed by atoms with Crippen molar-refractivity contribution in [1.82, 2.24) is 4.90 Å². The first-order valence-electron chi connectivity index (χ1n) is 9.11. The topological polar surface area (TPSA) is 52.6 Å². The quantitative estimate of drug-likeness (QED) is 0.778. The van der Waals surface area contributed by atoms with Gasteiger partial charge in [0.05, 0.1) is 5.97 Å². The van der Waals surface area contributed by atoms with Crippen LogP contribution >= 0.6 is 12.2 Å². The summed E-state index contributed by atoms with van der Waals surface area (Å²) in [6.07, 6.45) is 7.44. The molecule has 0 amide bonds. The van der Waals surface area contributed by atoms with Crippen LogP contribution in [-0.4, -0.2) is 30.1 Å². The van der Waals surface area contributed by atoms with Gasteiger partial charge < -0.3 is 19.5 Å². The summed E-state index contributed by atoms with van der Waals surface area (Å²) in [5.41, 5.74) is 1.30. The number of hydrogen-bond donors (Lipinski definition) is 0. The number of nitrogens with zero attached hydrogens (tertiary/aromatic N) is 1. The molecule has 0 spiro atoms. The maximum atomic E-state index is 11.4. The third-order valence-electron chi connectivity index (χ3n) is 6.39. The SMILES string of the molecule is CN(C)C(=S)Oc1ccc(C(=O)[O-])cc1C12CC3CC(CC(C3)C1)C2. The van der Waals surface area contributed by atoms with Crippen molar-refractivity contribution in [2.75, 3.05) is 14.1 Å². The van der Waals surface area contributed by atoms with Gasteiger partial charge in [0.15, 0.2) is 0 Å². The van der Waals surface area contributed by atoms with Crippen LogP contribution in [0, 0.1) is 17.8 Å². The summed E-state index contributed by atoms with van der Waals surface area (Å²) in [5, 5.41) is 11.8.